The van der Waals surface area contributed by atoms with Crippen molar-refractivity contribution in [1.29, 1.82) is 0 Å². The highest BCUT2D eigenvalue weighted by Gasteiger charge is 2.42. The van der Waals surface area contributed by atoms with Gasteiger partial charge in [-0.25, -0.2) is 4.79 Å². The van der Waals surface area contributed by atoms with Crippen molar-refractivity contribution >= 4 is 40.3 Å². The molecule has 0 spiro atoms. The second kappa shape index (κ2) is 7.00. The molecule has 1 aromatic carbocycles. The summed E-state index contributed by atoms with van der Waals surface area (Å²) in [7, 11) is 0. The molecule has 25 heavy (non-hydrogen) atoms. The van der Waals surface area contributed by atoms with E-state index in [2.05, 4.69) is 20.9 Å². The lowest BCUT2D eigenvalue weighted by Crippen LogP contribution is -2.36. The minimum atomic E-state index is -0.0429. The van der Waals surface area contributed by atoms with Gasteiger partial charge in [0, 0.05) is 34.8 Å². The Morgan fingerprint density at radius 3 is 3.08 bits per heavy atom. The summed E-state index contributed by atoms with van der Waals surface area (Å²) in [4.78, 5) is 26.6. The smallest absolute Gasteiger partial charge is 0.315 e. The quantitative estimate of drug-likeness (QED) is 0.473. The summed E-state index contributed by atoms with van der Waals surface area (Å²) in [5, 5.41) is 10.5. The Balaban J connectivity index is 1.19. The van der Waals surface area contributed by atoms with E-state index >= 15 is 0 Å². The van der Waals surface area contributed by atoms with Gasteiger partial charge < -0.3 is 20.9 Å². The largest absolute Gasteiger partial charge is 0.361 e. The number of nitrogens with one attached hydrogen (secondary N) is 4. The van der Waals surface area contributed by atoms with E-state index in [1.54, 1.807) is 0 Å². The number of benzene rings is 1. The van der Waals surface area contributed by atoms with Crippen molar-refractivity contribution in [2.45, 2.75) is 43.0 Å². The van der Waals surface area contributed by atoms with E-state index in [4.69, 9.17) is 0 Å². The zero-order valence-corrected chi connectivity index (χ0v) is 14.7. The van der Waals surface area contributed by atoms with Gasteiger partial charge in [0.05, 0.1) is 12.1 Å². The zero-order chi connectivity index (χ0) is 17.2. The summed E-state index contributed by atoms with van der Waals surface area (Å²) < 4.78 is 0. The van der Waals surface area contributed by atoms with E-state index in [0.717, 1.165) is 41.6 Å². The average molecular weight is 358 g/mol. The lowest BCUT2D eigenvalue weighted by Gasteiger charge is -2.16. The van der Waals surface area contributed by atoms with Gasteiger partial charge in [-0.1, -0.05) is 12.5 Å². The van der Waals surface area contributed by atoms with Crippen LogP contribution in [0, 0.1) is 0 Å². The molecule has 0 saturated carbocycles. The lowest BCUT2D eigenvalue weighted by molar-refractivity contribution is -0.116. The zero-order valence-electron chi connectivity index (χ0n) is 13.9. The summed E-state index contributed by atoms with van der Waals surface area (Å²) in [5.74, 6) is 1.04. The van der Waals surface area contributed by atoms with Crippen LogP contribution in [0.15, 0.2) is 30.5 Å². The van der Waals surface area contributed by atoms with Crippen LogP contribution in [0.1, 0.15) is 25.7 Å². The van der Waals surface area contributed by atoms with E-state index in [1.165, 1.54) is 0 Å². The second-order valence-electron chi connectivity index (χ2n) is 6.70. The standard InChI is InChI=1S/C18H22N4O2S/c23-16(20-12-6-5-11-7-8-19-13(11)9-12)4-2-1-3-15-17-14(10-25-15)21-18(24)22-17/h5-9,14-15,17,19H,1-4,10H2,(H,20,23)(H2,21,22,24)/t14-,15-,17+/m0/s1. The van der Waals surface area contributed by atoms with E-state index in [9.17, 15) is 9.59 Å². The van der Waals surface area contributed by atoms with Crippen LogP contribution in [0.4, 0.5) is 10.5 Å². The SMILES string of the molecule is O=C(CCCC[C@@H]1SC[C@@H]2NC(=O)N[C@H]21)Nc1ccc2cc[nH]c2c1. The number of carbonyl (C=O) groups is 2. The number of fused-ring (bicyclic) bond motifs is 2. The number of hydrogen-bond acceptors (Lipinski definition) is 3. The molecule has 1 aromatic heterocycles. The van der Waals surface area contributed by atoms with Crippen molar-refractivity contribution in [3.05, 3.63) is 30.5 Å². The van der Waals surface area contributed by atoms with Gasteiger partial charge >= 0.3 is 6.03 Å². The van der Waals surface area contributed by atoms with Crippen LogP contribution < -0.4 is 16.0 Å². The Kier molecular flexibility index (Phi) is 4.57. The third kappa shape index (κ3) is 3.61. The molecule has 0 unspecified atom stereocenters. The third-order valence-electron chi connectivity index (χ3n) is 4.92. The molecule has 6 nitrogen and oxygen atoms in total. The summed E-state index contributed by atoms with van der Waals surface area (Å²) in [6, 6.07) is 8.37. The maximum Gasteiger partial charge on any atom is 0.315 e. The number of unbranched alkanes of at least 4 members (excludes halogenated alkanes) is 1. The molecule has 3 atom stereocenters. The van der Waals surface area contributed by atoms with Gasteiger partial charge in [0.2, 0.25) is 5.91 Å². The molecule has 2 saturated heterocycles. The monoisotopic (exact) mass is 358 g/mol. The number of rotatable bonds is 6. The van der Waals surface area contributed by atoms with Gasteiger partial charge in [-0.2, -0.15) is 11.8 Å². The molecular formula is C18H22N4O2S. The third-order valence-corrected chi connectivity index (χ3v) is 6.43. The molecule has 7 heteroatoms. The topological polar surface area (TPSA) is 86.0 Å². The molecule has 132 valence electrons. The Bertz CT molecular complexity index is 790. The second-order valence-corrected chi connectivity index (χ2v) is 7.97. The van der Waals surface area contributed by atoms with Crippen molar-refractivity contribution in [3.63, 3.8) is 0 Å². The fourth-order valence-corrected chi connectivity index (χ4v) is 5.17. The van der Waals surface area contributed by atoms with E-state index in [0.29, 0.717) is 11.7 Å². The van der Waals surface area contributed by atoms with Gasteiger partial charge in [0.1, 0.15) is 0 Å². The summed E-state index contributed by atoms with van der Waals surface area (Å²) in [5.41, 5.74) is 1.85. The van der Waals surface area contributed by atoms with Crippen molar-refractivity contribution < 1.29 is 9.59 Å². The predicted octanol–water partition coefficient (Wildman–Crippen LogP) is 2.83. The van der Waals surface area contributed by atoms with Gasteiger partial charge in [0.15, 0.2) is 0 Å². The molecular weight excluding hydrogens is 336 g/mol. The minimum absolute atomic E-state index is 0.0429. The van der Waals surface area contributed by atoms with Crippen LogP contribution in [-0.4, -0.2) is 40.0 Å². The van der Waals surface area contributed by atoms with Crippen LogP contribution in [-0.2, 0) is 4.79 Å². The first kappa shape index (κ1) is 16.3. The van der Waals surface area contributed by atoms with Crippen LogP contribution >= 0.6 is 11.8 Å². The molecule has 0 radical (unpaired) electrons. The Morgan fingerprint density at radius 2 is 2.16 bits per heavy atom. The molecule has 0 aliphatic carbocycles. The van der Waals surface area contributed by atoms with Crippen LogP contribution in [0.5, 0.6) is 0 Å². The van der Waals surface area contributed by atoms with Crippen molar-refractivity contribution in [3.8, 4) is 0 Å². The van der Waals surface area contributed by atoms with Crippen molar-refractivity contribution in [2.24, 2.45) is 0 Å². The number of anilines is 1. The number of carbonyl (C=O) groups excluding carboxylic acids is 2. The molecule has 2 aromatic rings. The Morgan fingerprint density at radius 1 is 1.24 bits per heavy atom. The number of urea groups is 1. The Labute approximate surface area is 150 Å². The number of hydrogen-bond donors (Lipinski definition) is 4. The molecule has 2 aliphatic heterocycles. The first-order chi connectivity index (χ1) is 12.2. The van der Waals surface area contributed by atoms with Crippen LogP contribution in [0.2, 0.25) is 0 Å². The Hall–Kier alpha value is -2.15. The highest BCUT2D eigenvalue weighted by molar-refractivity contribution is 8.00. The molecule has 2 aliphatic rings. The number of aromatic amines is 1. The molecule has 4 N–H and O–H groups in total. The number of H-pyrrole nitrogens is 1. The number of amides is 3. The number of thioether (sulfide) groups is 1. The molecule has 0 bridgehead atoms. The highest BCUT2D eigenvalue weighted by Crippen LogP contribution is 2.33. The van der Waals surface area contributed by atoms with Gasteiger partial charge in [0.25, 0.3) is 0 Å². The van der Waals surface area contributed by atoms with Crippen LogP contribution in [0.3, 0.4) is 0 Å². The van der Waals surface area contributed by atoms with Crippen LogP contribution in [0.25, 0.3) is 10.9 Å². The minimum Gasteiger partial charge on any atom is -0.361 e. The van der Waals surface area contributed by atoms with Gasteiger partial charge in [-0.05, 0) is 36.4 Å². The normalized spacial score (nSPS) is 24.8. The van der Waals surface area contributed by atoms with E-state index < -0.39 is 0 Å². The molecule has 2 fully saturated rings. The van der Waals surface area contributed by atoms with Gasteiger partial charge in [-0.3, -0.25) is 4.79 Å². The molecule has 3 amide bonds. The molecule has 3 heterocycles. The predicted molar refractivity (Wildman–Crippen MR) is 101 cm³/mol. The average Bonchev–Trinajstić information content (AvgIpc) is 3.27. The summed E-state index contributed by atoms with van der Waals surface area (Å²) in [6.07, 6.45) is 5.32. The van der Waals surface area contributed by atoms with Gasteiger partial charge in [-0.15, -0.1) is 0 Å². The summed E-state index contributed by atoms with van der Waals surface area (Å²) >= 11 is 1.92. The number of aromatic nitrogens is 1. The summed E-state index contributed by atoms with van der Waals surface area (Å²) in [6.45, 7) is 0. The maximum absolute atomic E-state index is 12.1. The first-order valence-electron chi connectivity index (χ1n) is 8.75. The fourth-order valence-electron chi connectivity index (χ4n) is 3.62. The van der Waals surface area contributed by atoms with E-state index in [1.807, 2.05) is 42.2 Å². The van der Waals surface area contributed by atoms with Crippen molar-refractivity contribution in [1.82, 2.24) is 15.6 Å². The van der Waals surface area contributed by atoms with E-state index in [-0.39, 0.29) is 24.0 Å². The lowest BCUT2D eigenvalue weighted by atomic mass is 10.0. The van der Waals surface area contributed by atoms with Crippen molar-refractivity contribution in [2.75, 3.05) is 11.1 Å². The fraction of sp³-hybridized carbons (Fsp3) is 0.444. The highest BCUT2D eigenvalue weighted by atomic mass is 32.2. The maximum atomic E-state index is 12.1. The molecule has 4 rings (SSSR count). The first-order valence-corrected chi connectivity index (χ1v) is 9.79.